The second kappa shape index (κ2) is 6.43. The normalized spacial score (nSPS) is 23.1. The Labute approximate surface area is 127 Å². The van der Waals surface area contributed by atoms with Crippen molar-refractivity contribution in [2.24, 2.45) is 5.92 Å². The molecule has 0 amide bonds. The lowest BCUT2D eigenvalue weighted by Crippen LogP contribution is -2.32. The lowest BCUT2D eigenvalue weighted by atomic mass is 9.87. The predicted molar refractivity (Wildman–Crippen MR) is 79.2 cm³/mol. The number of rotatable bonds is 5. The van der Waals surface area contributed by atoms with Crippen LogP contribution in [0.15, 0.2) is 10.3 Å². The number of carboxylic acid groups (broad SMARTS) is 1. The van der Waals surface area contributed by atoms with Gasteiger partial charge >= 0.3 is 5.97 Å². The van der Waals surface area contributed by atoms with E-state index in [0.29, 0.717) is 12.0 Å². The fourth-order valence-corrected chi connectivity index (χ4v) is 5.08. The molecule has 1 aliphatic rings. The quantitative estimate of drug-likeness (QED) is 0.759. The second-order valence-corrected chi connectivity index (χ2v) is 8.47. The van der Waals surface area contributed by atoms with Crippen LogP contribution in [0.1, 0.15) is 40.9 Å². The van der Waals surface area contributed by atoms with Gasteiger partial charge < -0.3 is 10.2 Å². The summed E-state index contributed by atoms with van der Waals surface area (Å²) < 4.78 is 26.9. The fraction of sp³-hybridized carbons (Fsp3) is 0.615. The number of aromatic carboxylic acids is 1. The maximum Gasteiger partial charge on any atom is 0.346 e. The first-order valence-corrected chi connectivity index (χ1v) is 9.11. The average molecular weight is 333 g/mol. The molecule has 118 valence electrons. The molecule has 2 atom stereocenters. The molecule has 8 heteroatoms. The van der Waals surface area contributed by atoms with Gasteiger partial charge in [-0.15, -0.1) is 11.3 Å². The highest BCUT2D eigenvalue weighted by Crippen LogP contribution is 2.27. The van der Waals surface area contributed by atoms with Crippen LogP contribution in [0.5, 0.6) is 0 Å². The molecule has 1 saturated carbocycles. The van der Waals surface area contributed by atoms with Gasteiger partial charge in [-0.05, 0) is 43.7 Å². The number of sulfonamides is 1. The SMILES string of the molecule is Cc1cc(S(=O)(=O)NCC2CCCC(O)C2)sc1C(=O)O. The first kappa shape index (κ1) is 16.4. The van der Waals surface area contributed by atoms with Crippen LogP contribution in [0.4, 0.5) is 0 Å². The minimum absolute atomic E-state index is 0.0220. The Morgan fingerprint density at radius 2 is 2.19 bits per heavy atom. The molecule has 1 aromatic rings. The lowest BCUT2D eigenvalue weighted by Gasteiger charge is -2.25. The Hall–Kier alpha value is -0.960. The molecule has 0 bridgehead atoms. The first-order valence-electron chi connectivity index (χ1n) is 6.81. The molecular formula is C13H19NO5S2. The highest BCUT2D eigenvalue weighted by Gasteiger charge is 2.25. The number of aliphatic hydroxyl groups excluding tert-OH is 1. The molecule has 2 rings (SSSR count). The van der Waals surface area contributed by atoms with E-state index in [4.69, 9.17) is 5.11 Å². The number of carbonyl (C=O) groups is 1. The van der Waals surface area contributed by atoms with E-state index in [0.717, 1.165) is 30.6 Å². The minimum atomic E-state index is -3.69. The average Bonchev–Trinajstić information content (AvgIpc) is 2.80. The zero-order chi connectivity index (χ0) is 15.6. The molecule has 0 aliphatic heterocycles. The summed E-state index contributed by atoms with van der Waals surface area (Å²) in [5.74, 6) is -0.988. The number of aliphatic hydroxyl groups is 1. The minimum Gasteiger partial charge on any atom is -0.477 e. The van der Waals surface area contributed by atoms with Crippen LogP contribution in [0.3, 0.4) is 0 Å². The fourth-order valence-electron chi connectivity index (χ4n) is 2.54. The smallest absolute Gasteiger partial charge is 0.346 e. The number of thiophene rings is 1. The van der Waals surface area contributed by atoms with Gasteiger partial charge in [0.05, 0.1) is 6.10 Å². The van der Waals surface area contributed by atoms with E-state index in [1.807, 2.05) is 0 Å². The van der Waals surface area contributed by atoms with Gasteiger partial charge in [0, 0.05) is 6.54 Å². The van der Waals surface area contributed by atoms with Crippen LogP contribution in [-0.2, 0) is 10.0 Å². The summed E-state index contributed by atoms with van der Waals surface area (Å²) in [6, 6.07) is 1.38. The third-order valence-corrected chi connectivity index (χ3v) is 6.79. The van der Waals surface area contributed by atoms with Crippen molar-refractivity contribution >= 4 is 27.3 Å². The van der Waals surface area contributed by atoms with Gasteiger partial charge in [0.15, 0.2) is 0 Å². The molecule has 1 aromatic heterocycles. The summed E-state index contributed by atoms with van der Waals surface area (Å²) in [6.45, 7) is 1.86. The van der Waals surface area contributed by atoms with E-state index in [1.165, 1.54) is 6.07 Å². The summed E-state index contributed by atoms with van der Waals surface area (Å²) >= 11 is 0.762. The first-order chi connectivity index (χ1) is 9.79. The van der Waals surface area contributed by atoms with Crippen molar-refractivity contribution in [2.45, 2.75) is 42.9 Å². The second-order valence-electron chi connectivity index (χ2n) is 5.42. The predicted octanol–water partition coefficient (Wildman–Crippen LogP) is 1.58. The highest BCUT2D eigenvalue weighted by atomic mass is 32.2. The van der Waals surface area contributed by atoms with Crippen LogP contribution in [-0.4, -0.2) is 37.2 Å². The Kier molecular flexibility index (Phi) is 5.03. The summed E-state index contributed by atoms with van der Waals surface area (Å²) in [5, 5.41) is 18.6. The Balaban J connectivity index is 2.04. The van der Waals surface area contributed by atoms with E-state index < -0.39 is 16.0 Å². The van der Waals surface area contributed by atoms with Gasteiger partial charge in [-0.3, -0.25) is 0 Å². The van der Waals surface area contributed by atoms with Gasteiger partial charge in [-0.25, -0.2) is 17.9 Å². The summed E-state index contributed by atoms with van der Waals surface area (Å²) in [4.78, 5) is 11.0. The van der Waals surface area contributed by atoms with E-state index in [-0.39, 0.29) is 27.7 Å². The number of nitrogens with one attached hydrogen (secondary N) is 1. The molecule has 1 heterocycles. The molecule has 1 fully saturated rings. The number of aryl methyl sites for hydroxylation is 1. The lowest BCUT2D eigenvalue weighted by molar-refractivity contribution is 0.0701. The van der Waals surface area contributed by atoms with Crippen LogP contribution in [0, 0.1) is 12.8 Å². The molecule has 1 aliphatic carbocycles. The molecular weight excluding hydrogens is 314 g/mol. The Bertz CT molecular complexity index is 623. The zero-order valence-corrected chi connectivity index (χ0v) is 13.3. The van der Waals surface area contributed by atoms with Gasteiger partial charge in [-0.1, -0.05) is 6.42 Å². The van der Waals surface area contributed by atoms with Crippen molar-refractivity contribution in [2.75, 3.05) is 6.54 Å². The largest absolute Gasteiger partial charge is 0.477 e. The van der Waals surface area contributed by atoms with Gasteiger partial charge in [-0.2, -0.15) is 0 Å². The molecule has 3 N–H and O–H groups in total. The molecule has 21 heavy (non-hydrogen) atoms. The summed E-state index contributed by atoms with van der Waals surface area (Å²) in [5.41, 5.74) is 0.445. The van der Waals surface area contributed by atoms with Crippen LogP contribution < -0.4 is 4.72 Å². The molecule has 2 unspecified atom stereocenters. The van der Waals surface area contributed by atoms with Crippen molar-refractivity contribution in [1.29, 1.82) is 0 Å². The van der Waals surface area contributed by atoms with E-state index in [2.05, 4.69) is 4.72 Å². The Morgan fingerprint density at radius 3 is 2.76 bits per heavy atom. The van der Waals surface area contributed by atoms with Crippen molar-refractivity contribution < 1.29 is 23.4 Å². The van der Waals surface area contributed by atoms with Crippen molar-refractivity contribution in [3.8, 4) is 0 Å². The van der Waals surface area contributed by atoms with E-state index >= 15 is 0 Å². The highest BCUT2D eigenvalue weighted by molar-refractivity contribution is 7.91. The molecule has 0 aromatic carbocycles. The van der Waals surface area contributed by atoms with Crippen LogP contribution in [0.2, 0.25) is 0 Å². The van der Waals surface area contributed by atoms with Crippen molar-refractivity contribution in [3.63, 3.8) is 0 Å². The topological polar surface area (TPSA) is 104 Å². The Morgan fingerprint density at radius 1 is 1.48 bits per heavy atom. The van der Waals surface area contributed by atoms with Crippen molar-refractivity contribution in [1.82, 2.24) is 4.72 Å². The van der Waals surface area contributed by atoms with Gasteiger partial charge in [0.1, 0.15) is 9.09 Å². The van der Waals surface area contributed by atoms with Crippen molar-refractivity contribution in [3.05, 3.63) is 16.5 Å². The molecule has 0 saturated heterocycles. The van der Waals surface area contributed by atoms with E-state index in [9.17, 15) is 18.3 Å². The number of carboxylic acids is 1. The maximum absolute atomic E-state index is 12.2. The third-order valence-electron chi connectivity index (χ3n) is 3.67. The van der Waals surface area contributed by atoms with Gasteiger partial charge in [0.2, 0.25) is 10.0 Å². The van der Waals surface area contributed by atoms with Crippen LogP contribution >= 0.6 is 11.3 Å². The maximum atomic E-state index is 12.2. The number of hydrogen-bond donors (Lipinski definition) is 3. The molecule has 0 spiro atoms. The molecule has 6 nitrogen and oxygen atoms in total. The van der Waals surface area contributed by atoms with E-state index in [1.54, 1.807) is 6.92 Å². The zero-order valence-electron chi connectivity index (χ0n) is 11.7. The summed E-state index contributed by atoms with van der Waals surface area (Å²) in [7, 11) is -3.69. The molecule has 0 radical (unpaired) electrons. The summed E-state index contributed by atoms with van der Waals surface area (Å²) in [6.07, 6.45) is 2.82. The van der Waals surface area contributed by atoms with Gasteiger partial charge in [0.25, 0.3) is 0 Å². The number of hydrogen-bond acceptors (Lipinski definition) is 5. The van der Waals surface area contributed by atoms with Crippen LogP contribution in [0.25, 0.3) is 0 Å². The standard InChI is InChI=1S/C13H19NO5S2/c1-8-5-11(20-12(8)13(16)17)21(18,19)14-7-9-3-2-4-10(15)6-9/h5,9-10,14-15H,2-4,6-7H2,1H3,(H,16,17). The third kappa shape index (κ3) is 4.03. The monoisotopic (exact) mass is 333 g/mol.